The second-order valence-corrected chi connectivity index (χ2v) is 10.4. The first-order chi connectivity index (χ1) is 16.3. The maximum absolute atomic E-state index is 13.3. The topological polar surface area (TPSA) is 108 Å². The minimum atomic E-state index is -1.03. The minimum Gasteiger partial charge on any atom is -0.482 e. The predicted molar refractivity (Wildman–Crippen MR) is 136 cm³/mol. The van der Waals surface area contributed by atoms with Crippen LogP contribution in [0.4, 0.5) is 0 Å². The van der Waals surface area contributed by atoms with Crippen LogP contribution in [-0.4, -0.2) is 77.6 Å². The molecule has 2 amide bonds. The van der Waals surface area contributed by atoms with E-state index in [0.717, 1.165) is 16.4 Å². The molecule has 0 bridgehead atoms. The fourth-order valence-electron chi connectivity index (χ4n) is 4.36. The van der Waals surface area contributed by atoms with Crippen molar-refractivity contribution in [3.05, 3.63) is 39.5 Å². The van der Waals surface area contributed by atoms with E-state index in [-0.39, 0.29) is 43.4 Å². The molecule has 1 aromatic carbocycles. The van der Waals surface area contributed by atoms with Crippen molar-refractivity contribution in [3.8, 4) is 5.75 Å². The summed E-state index contributed by atoms with van der Waals surface area (Å²) in [6.45, 7) is 4.95. The number of hydrogen-bond acceptors (Lipinski definition) is 6. The van der Waals surface area contributed by atoms with Crippen molar-refractivity contribution in [1.82, 2.24) is 10.2 Å². The first-order valence-corrected chi connectivity index (χ1v) is 13.0. The van der Waals surface area contributed by atoms with Gasteiger partial charge in [-0.15, -0.1) is 0 Å². The summed E-state index contributed by atoms with van der Waals surface area (Å²) in [4.78, 5) is 27.8. The van der Waals surface area contributed by atoms with Crippen molar-refractivity contribution < 1.29 is 29.3 Å². The fourth-order valence-corrected chi connectivity index (χ4v) is 4.88. The molecule has 1 heterocycles. The standard InChI is InChI=1S/C25H35IN2O6/c1-16(2)12-23(30)28(15-18-6-5-11-33-18)20-13-17(25(32)27-9-10-29)14-22(24(20)31)34-21-8-4-3-7-19(21)26/h3-4,7-8,14,16,18,20,22,24,29,31H,5-6,9-13,15H2,1-2H3,(H,27,32)/t18-,20+,22-,24-/m0/s1. The van der Waals surface area contributed by atoms with Crippen molar-refractivity contribution in [2.75, 3.05) is 26.3 Å². The molecule has 0 radical (unpaired) electrons. The minimum absolute atomic E-state index is 0.0698. The summed E-state index contributed by atoms with van der Waals surface area (Å²) in [7, 11) is 0. The number of rotatable bonds is 10. The Hall–Kier alpha value is -1.69. The van der Waals surface area contributed by atoms with Gasteiger partial charge in [-0.1, -0.05) is 26.0 Å². The highest BCUT2D eigenvalue weighted by Crippen LogP contribution is 2.31. The normalized spacial score (nSPS) is 24.6. The van der Waals surface area contributed by atoms with Gasteiger partial charge in [-0.2, -0.15) is 0 Å². The van der Waals surface area contributed by atoms with Crippen LogP contribution in [0.25, 0.3) is 0 Å². The van der Waals surface area contributed by atoms with Gasteiger partial charge in [-0.3, -0.25) is 9.59 Å². The monoisotopic (exact) mass is 586 g/mol. The summed E-state index contributed by atoms with van der Waals surface area (Å²) in [5.41, 5.74) is 0.425. The molecule has 1 aliphatic carbocycles. The Morgan fingerprint density at radius 1 is 1.32 bits per heavy atom. The van der Waals surface area contributed by atoms with Crippen LogP contribution in [0.1, 0.15) is 39.5 Å². The van der Waals surface area contributed by atoms with Crippen LogP contribution in [0.2, 0.25) is 0 Å². The van der Waals surface area contributed by atoms with E-state index < -0.39 is 18.2 Å². The predicted octanol–water partition coefficient (Wildman–Crippen LogP) is 2.26. The highest BCUT2D eigenvalue weighted by molar-refractivity contribution is 14.1. The van der Waals surface area contributed by atoms with Crippen molar-refractivity contribution in [2.45, 2.75) is 63.9 Å². The average Bonchev–Trinajstić information content (AvgIpc) is 3.31. The molecule has 9 heteroatoms. The Morgan fingerprint density at radius 3 is 2.74 bits per heavy atom. The largest absolute Gasteiger partial charge is 0.482 e. The number of amides is 2. The number of ether oxygens (including phenoxy) is 2. The molecule has 3 rings (SSSR count). The third kappa shape index (κ3) is 7.16. The lowest BCUT2D eigenvalue weighted by Crippen LogP contribution is -2.56. The van der Waals surface area contributed by atoms with Crippen LogP contribution >= 0.6 is 22.6 Å². The number of halogens is 1. The number of hydrogen-bond donors (Lipinski definition) is 3. The van der Waals surface area contributed by atoms with Crippen molar-refractivity contribution >= 4 is 34.4 Å². The van der Waals surface area contributed by atoms with Gasteiger partial charge in [0.15, 0.2) is 0 Å². The van der Waals surface area contributed by atoms with Gasteiger partial charge in [0, 0.05) is 38.1 Å². The maximum atomic E-state index is 13.3. The first kappa shape index (κ1) is 26.9. The molecule has 0 unspecified atom stereocenters. The summed E-state index contributed by atoms with van der Waals surface area (Å²) in [5.74, 6) is 0.342. The summed E-state index contributed by atoms with van der Waals surface area (Å²) < 4.78 is 12.8. The summed E-state index contributed by atoms with van der Waals surface area (Å²) in [6, 6.07) is 6.81. The van der Waals surface area contributed by atoms with Gasteiger partial charge < -0.3 is 29.9 Å². The van der Waals surface area contributed by atoms with Gasteiger partial charge in [0.05, 0.1) is 22.3 Å². The molecule has 1 aromatic rings. The lowest BCUT2D eigenvalue weighted by molar-refractivity contribution is -0.141. The van der Waals surface area contributed by atoms with Crippen molar-refractivity contribution in [3.63, 3.8) is 0 Å². The highest BCUT2D eigenvalue weighted by atomic mass is 127. The Kier molecular flexibility index (Phi) is 10.2. The number of aliphatic hydroxyl groups is 2. The van der Waals surface area contributed by atoms with Gasteiger partial charge in [0.25, 0.3) is 0 Å². The summed E-state index contributed by atoms with van der Waals surface area (Å²) >= 11 is 2.16. The van der Waals surface area contributed by atoms with Crippen LogP contribution in [0.5, 0.6) is 5.75 Å². The Morgan fingerprint density at radius 2 is 2.09 bits per heavy atom. The molecule has 4 atom stereocenters. The van der Waals surface area contributed by atoms with E-state index in [0.29, 0.717) is 30.9 Å². The second-order valence-electron chi connectivity index (χ2n) is 9.23. The average molecular weight is 586 g/mol. The van der Waals surface area contributed by atoms with E-state index in [4.69, 9.17) is 14.6 Å². The Balaban J connectivity index is 1.92. The Labute approximate surface area is 214 Å². The molecule has 188 valence electrons. The van der Waals surface area contributed by atoms with Crippen LogP contribution in [0.15, 0.2) is 35.9 Å². The van der Waals surface area contributed by atoms with Gasteiger partial charge in [-0.25, -0.2) is 0 Å². The van der Waals surface area contributed by atoms with Crippen LogP contribution in [0, 0.1) is 9.49 Å². The van der Waals surface area contributed by atoms with E-state index in [1.165, 1.54) is 0 Å². The van der Waals surface area contributed by atoms with Crippen LogP contribution in [0.3, 0.4) is 0 Å². The molecule has 2 aliphatic rings. The van der Waals surface area contributed by atoms with E-state index in [1.807, 2.05) is 38.1 Å². The summed E-state index contributed by atoms with van der Waals surface area (Å²) in [6.07, 6.45) is 2.04. The van der Waals surface area contributed by atoms with E-state index in [9.17, 15) is 14.7 Å². The molecule has 3 N–H and O–H groups in total. The number of carbonyl (C=O) groups is 2. The zero-order valence-electron chi connectivity index (χ0n) is 19.8. The quantitative estimate of drug-likeness (QED) is 0.364. The molecule has 34 heavy (non-hydrogen) atoms. The molecule has 0 aromatic heterocycles. The van der Waals surface area contributed by atoms with E-state index in [1.54, 1.807) is 11.0 Å². The zero-order valence-corrected chi connectivity index (χ0v) is 21.9. The van der Waals surface area contributed by atoms with Crippen molar-refractivity contribution in [1.29, 1.82) is 0 Å². The van der Waals surface area contributed by atoms with Gasteiger partial charge in [0.1, 0.15) is 18.0 Å². The van der Waals surface area contributed by atoms with Gasteiger partial charge in [-0.05, 0) is 59.6 Å². The van der Waals surface area contributed by atoms with Gasteiger partial charge in [0.2, 0.25) is 11.8 Å². The smallest absolute Gasteiger partial charge is 0.247 e. The first-order valence-electron chi connectivity index (χ1n) is 11.9. The molecular weight excluding hydrogens is 551 g/mol. The van der Waals surface area contributed by atoms with E-state index in [2.05, 4.69) is 27.9 Å². The third-order valence-corrected chi connectivity index (χ3v) is 6.93. The molecule has 1 fully saturated rings. The molecule has 1 aliphatic heterocycles. The lowest BCUT2D eigenvalue weighted by atomic mass is 9.87. The highest BCUT2D eigenvalue weighted by Gasteiger charge is 2.41. The molecule has 0 spiro atoms. The number of nitrogens with zero attached hydrogens (tertiary/aromatic N) is 1. The fraction of sp³-hybridized carbons (Fsp3) is 0.600. The van der Waals surface area contributed by atoms with Crippen LogP contribution < -0.4 is 10.1 Å². The number of nitrogens with one attached hydrogen (secondary N) is 1. The zero-order chi connectivity index (χ0) is 24.7. The number of para-hydroxylation sites is 1. The third-order valence-electron chi connectivity index (χ3n) is 6.04. The molecule has 8 nitrogen and oxygen atoms in total. The molecule has 0 saturated carbocycles. The van der Waals surface area contributed by atoms with E-state index >= 15 is 0 Å². The number of aliphatic hydroxyl groups excluding tert-OH is 2. The molecule has 1 saturated heterocycles. The SMILES string of the molecule is CC(C)CC(=O)N(C[C@@H]1CCCO1)[C@@H]1CC(C(=O)NCCO)=C[C@H](Oc2ccccc2I)[C@H]1O. The Bertz CT molecular complexity index is 871. The molecular formula is C25H35IN2O6. The van der Waals surface area contributed by atoms with Crippen molar-refractivity contribution in [2.24, 2.45) is 5.92 Å². The number of carbonyl (C=O) groups excluding carboxylic acids is 2. The second kappa shape index (κ2) is 12.9. The lowest BCUT2D eigenvalue weighted by Gasteiger charge is -2.41. The number of benzene rings is 1. The van der Waals surface area contributed by atoms with Gasteiger partial charge >= 0.3 is 0 Å². The maximum Gasteiger partial charge on any atom is 0.247 e. The summed E-state index contributed by atoms with van der Waals surface area (Å²) in [5, 5.41) is 23.2. The van der Waals surface area contributed by atoms with Crippen LogP contribution in [-0.2, 0) is 14.3 Å².